The third-order valence-corrected chi connectivity index (χ3v) is 9.10. The van der Waals surface area contributed by atoms with Crippen LogP contribution in [0.1, 0.15) is 85.5 Å². The Morgan fingerprint density at radius 3 is 2.27 bits per heavy atom. The molecule has 0 bridgehead atoms. The van der Waals surface area contributed by atoms with Crippen LogP contribution in [0.5, 0.6) is 0 Å². The largest absolute Gasteiger partial charge is 0.460 e. The lowest BCUT2D eigenvalue weighted by atomic mass is 9.49. The molecule has 4 rings (SSSR count). The van der Waals surface area contributed by atoms with Gasteiger partial charge in [0.15, 0.2) is 0 Å². The van der Waals surface area contributed by atoms with Crippen LogP contribution in [0.25, 0.3) is 0 Å². The van der Waals surface area contributed by atoms with Gasteiger partial charge in [-0.05, 0) is 107 Å². The first-order valence-electron chi connectivity index (χ1n) is 10.9. The maximum Gasteiger partial charge on any atom is 0.303 e. The van der Waals surface area contributed by atoms with Gasteiger partial charge in [0.25, 0.3) is 0 Å². The molecule has 0 amide bonds. The van der Waals surface area contributed by atoms with Gasteiger partial charge in [0, 0.05) is 12.8 Å². The molecule has 0 saturated heterocycles. The van der Waals surface area contributed by atoms with E-state index < -0.39 is 0 Å². The number of ether oxygens (including phenoxy) is 1. The van der Waals surface area contributed by atoms with Gasteiger partial charge in [-0.15, -0.1) is 0 Å². The number of carbonyl (C=O) groups excluding carboxylic acids is 2. The second-order valence-corrected chi connectivity index (χ2v) is 10.5. The number of ketones is 1. The quantitative estimate of drug-likeness (QED) is 0.638. The third-order valence-electron chi connectivity index (χ3n) is 9.10. The van der Waals surface area contributed by atoms with Gasteiger partial charge in [-0.3, -0.25) is 9.59 Å². The monoisotopic (exact) mass is 360 g/mol. The van der Waals surface area contributed by atoms with Crippen LogP contribution in [0.3, 0.4) is 0 Å². The van der Waals surface area contributed by atoms with E-state index in [9.17, 15) is 9.59 Å². The Hall–Kier alpha value is -0.860. The summed E-state index contributed by atoms with van der Waals surface area (Å²) in [6, 6.07) is 0. The summed E-state index contributed by atoms with van der Waals surface area (Å²) in [6.07, 6.45) is 10.9. The molecular weight excluding hydrogens is 324 g/mol. The molecule has 0 aromatic heterocycles. The molecular formula is C23H36O3. The first kappa shape index (κ1) is 18.5. The summed E-state index contributed by atoms with van der Waals surface area (Å²) in [7, 11) is 0. The highest BCUT2D eigenvalue weighted by Crippen LogP contribution is 2.64. The number of Topliss-reactive ketones (excluding diaryl/α,β-unsaturated/α-hetero) is 1. The number of fused-ring (bicyclic) bond motifs is 5. The van der Waals surface area contributed by atoms with Gasteiger partial charge in [-0.2, -0.15) is 0 Å². The first-order chi connectivity index (χ1) is 12.2. The van der Waals surface area contributed by atoms with Crippen molar-refractivity contribution in [1.82, 2.24) is 0 Å². The van der Waals surface area contributed by atoms with Crippen molar-refractivity contribution < 1.29 is 14.3 Å². The molecule has 4 aliphatic rings. The second kappa shape index (κ2) is 6.34. The zero-order valence-corrected chi connectivity index (χ0v) is 17.1. The number of rotatable bonds is 2. The van der Waals surface area contributed by atoms with Crippen LogP contribution in [-0.4, -0.2) is 17.4 Å². The Morgan fingerprint density at radius 2 is 1.58 bits per heavy atom. The molecule has 0 N–H and O–H groups in total. The van der Waals surface area contributed by atoms with Crippen LogP contribution in [0.2, 0.25) is 0 Å². The average Bonchev–Trinajstić information content (AvgIpc) is 2.90. The van der Waals surface area contributed by atoms with Gasteiger partial charge < -0.3 is 4.74 Å². The van der Waals surface area contributed by atoms with E-state index in [1.807, 2.05) is 6.92 Å². The van der Waals surface area contributed by atoms with Crippen molar-refractivity contribution in [3.05, 3.63) is 0 Å². The van der Waals surface area contributed by atoms with Crippen LogP contribution < -0.4 is 0 Å². The van der Waals surface area contributed by atoms with E-state index >= 15 is 0 Å². The lowest BCUT2D eigenvalue weighted by molar-refractivity contribution is -0.167. The van der Waals surface area contributed by atoms with Crippen molar-refractivity contribution in [1.29, 1.82) is 0 Å². The predicted octanol–water partition coefficient (Wildman–Crippen LogP) is 5.17. The van der Waals surface area contributed by atoms with E-state index in [1.165, 1.54) is 38.5 Å². The average molecular weight is 361 g/mol. The number of carbonyl (C=O) groups is 2. The lowest BCUT2D eigenvalue weighted by Crippen LogP contribution is -2.51. The van der Waals surface area contributed by atoms with Gasteiger partial charge in [-0.25, -0.2) is 0 Å². The minimum atomic E-state index is -0.240. The van der Waals surface area contributed by atoms with E-state index in [2.05, 4.69) is 13.8 Å². The molecule has 3 heteroatoms. The highest BCUT2D eigenvalue weighted by atomic mass is 16.6. The molecule has 0 aliphatic heterocycles. The molecule has 0 aromatic rings. The Morgan fingerprint density at radius 1 is 0.846 bits per heavy atom. The molecule has 0 aromatic carbocycles. The molecule has 26 heavy (non-hydrogen) atoms. The summed E-state index contributed by atoms with van der Waals surface area (Å²) in [5.41, 5.74) is 0.0247. The van der Waals surface area contributed by atoms with E-state index in [1.54, 1.807) is 6.92 Å². The molecule has 4 aliphatic carbocycles. The molecule has 0 radical (unpaired) electrons. The summed E-state index contributed by atoms with van der Waals surface area (Å²) in [5.74, 6) is 4.59. The van der Waals surface area contributed by atoms with Crippen molar-refractivity contribution in [2.24, 2.45) is 40.9 Å². The van der Waals surface area contributed by atoms with Gasteiger partial charge in [0.05, 0.1) is 0 Å². The molecule has 0 heterocycles. The number of hydrogen-bond acceptors (Lipinski definition) is 3. The van der Waals surface area contributed by atoms with Crippen molar-refractivity contribution in [2.45, 2.75) is 91.1 Å². The fourth-order valence-electron chi connectivity index (χ4n) is 8.17. The van der Waals surface area contributed by atoms with Gasteiger partial charge in [-0.1, -0.05) is 6.92 Å². The molecule has 4 saturated carbocycles. The zero-order chi connectivity index (χ0) is 18.7. The minimum absolute atomic E-state index is 0.130. The first-order valence-corrected chi connectivity index (χ1v) is 10.9. The highest BCUT2D eigenvalue weighted by Gasteiger charge is 2.58. The zero-order valence-electron chi connectivity index (χ0n) is 17.1. The maximum absolute atomic E-state index is 12.2. The second-order valence-electron chi connectivity index (χ2n) is 10.5. The Balaban J connectivity index is 1.50. The van der Waals surface area contributed by atoms with Crippen LogP contribution in [0.15, 0.2) is 0 Å². The van der Waals surface area contributed by atoms with Gasteiger partial charge >= 0.3 is 5.97 Å². The highest BCUT2D eigenvalue weighted by molar-refractivity contribution is 5.79. The minimum Gasteiger partial charge on any atom is -0.460 e. The molecule has 4 fully saturated rings. The lowest BCUT2D eigenvalue weighted by Gasteiger charge is -2.57. The van der Waals surface area contributed by atoms with Crippen molar-refractivity contribution in [3.8, 4) is 0 Å². The molecule has 3 nitrogen and oxygen atoms in total. The topological polar surface area (TPSA) is 43.4 Å². The van der Waals surface area contributed by atoms with E-state index in [-0.39, 0.29) is 17.0 Å². The fourth-order valence-corrected chi connectivity index (χ4v) is 8.17. The van der Waals surface area contributed by atoms with Crippen molar-refractivity contribution in [3.63, 3.8) is 0 Å². The van der Waals surface area contributed by atoms with Crippen molar-refractivity contribution in [2.75, 3.05) is 0 Å². The fraction of sp³-hybridized carbons (Fsp3) is 0.913. The van der Waals surface area contributed by atoms with Crippen LogP contribution in [-0.2, 0) is 14.3 Å². The SMILES string of the molecule is CC(=O)O[C@]1(C)CC[C@H]2[C@@H](CC[C@@H]3[C@@H]2CC[C@]2(C)[C@@H](C(C)=O)CC[C@@H]32)C1. The summed E-state index contributed by atoms with van der Waals surface area (Å²) < 4.78 is 5.71. The maximum atomic E-state index is 12.2. The van der Waals surface area contributed by atoms with E-state index in [0.29, 0.717) is 11.7 Å². The van der Waals surface area contributed by atoms with E-state index in [0.717, 1.165) is 48.9 Å². The summed E-state index contributed by atoms with van der Waals surface area (Å²) in [6.45, 7) is 7.93. The number of esters is 1. The summed E-state index contributed by atoms with van der Waals surface area (Å²) in [4.78, 5) is 23.7. The van der Waals surface area contributed by atoms with Gasteiger partial charge in [0.2, 0.25) is 0 Å². The smallest absolute Gasteiger partial charge is 0.303 e. The number of hydrogen-bond donors (Lipinski definition) is 0. The Bertz CT molecular complexity index is 598. The van der Waals surface area contributed by atoms with E-state index in [4.69, 9.17) is 4.74 Å². The molecule has 8 atom stereocenters. The van der Waals surface area contributed by atoms with Gasteiger partial charge in [0.1, 0.15) is 11.4 Å². The summed E-state index contributed by atoms with van der Waals surface area (Å²) in [5, 5.41) is 0. The predicted molar refractivity (Wildman–Crippen MR) is 101 cm³/mol. The Labute approximate surface area is 158 Å². The third kappa shape index (κ3) is 2.85. The van der Waals surface area contributed by atoms with Crippen LogP contribution >= 0.6 is 0 Å². The molecule has 0 unspecified atom stereocenters. The van der Waals surface area contributed by atoms with Crippen LogP contribution in [0.4, 0.5) is 0 Å². The van der Waals surface area contributed by atoms with Crippen molar-refractivity contribution >= 4 is 11.8 Å². The standard InChI is InChI=1S/C23H36O3/c1-14(24)20-7-8-21-19-6-5-16-13-22(3,26-15(2)25)11-9-17(16)18(19)10-12-23(20,21)4/h16-21H,5-13H2,1-4H3/t16-,17-,18+,19+,20+,21-,22+,23+/m0/s1. The Kier molecular flexibility index (Phi) is 4.51. The molecule has 146 valence electrons. The van der Waals surface area contributed by atoms with Crippen LogP contribution in [0, 0.1) is 40.9 Å². The normalized spacial score (nSPS) is 50.3. The molecule has 0 spiro atoms. The summed E-state index contributed by atoms with van der Waals surface area (Å²) >= 11 is 0.